The van der Waals surface area contributed by atoms with Crippen molar-refractivity contribution in [3.63, 3.8) is 0 Å². The average Bonchev–Trinajstić information content (AvgIpc) is 2.70. The summed E-state index contributed by atoms with van der Waals surface area (Å²) in [6, 6.07) is 13.6. The number of anilines is 1. The van der Waals surface area contributed by atoms with Gasteiger partial charge in [0.25, 0.3) is 0 Å². The lowest BCUT2D eigenvalue weighted by Gasteiger charge is -2.37. The van der Waals surface area contributed by atoms with E-state index in [1.54, 1.807) is 0 Å². The third-order valence-corrected chi connectivity index (χ3v) is 5.67. The molecular weight excluding hydrogens is 322 g/mol. The molecule has 3 heterocycles. The topological polar surface area (TPSA) is 28.6 Å². The molecule has 1 aromatic carbocycles. The molecule has 0 amide bonds. The van der Waals surface area contributed by atoms with Crippen molar-refractivity contribution in [1.29, 1.82) is 0 Å². The number of aromatic nitrogens is 1. The zero-order chi connectivity index (χ0) is 17.8. The lowest BCUT2D eigenvalue weighted by Crippen LogP contribution is -2.37. The predicted octanol–water partition coefficient (Wildman–Crippen LogP) is 3.95. The number of aryl methyl sites for hydroxylation is 1. The maximum absolute atomic E-state index is 5.46. The highest BCUT2D eigenvalue weighted by Crippen LogP contribution is 2.34. The molecule has 2 aliphatic rings. The first-order chi connectivity index (χ1) is 12.8. The summed E-state index contributed by atoms with van der Waals surface area (Å²) >= 11 is 0. The van der Waals surface area contributed by atoms with Crippen LogP contribution < -0.4 is 4.90 Å². The molecule has 0 aliphatic carbocycles. The van der Waals surface area contributed by atoms with Gasteiger partial charge in [-0.25, -0.2) is 4.98 Å². The van der Waals surface area contributed by atoms with Crippen LogP contribution in [0.5, 0.6) is 0 Å². The first kappa shape index (κ1) is 17.5. The molecule has 4 heteroatoms. The van der Waals surface area contributed by atoms with E-state index in [1.165, 1.54) is 42.5 Å². The van der Waals surface area contributed by atoms with E-state index in [2.05, 4.69) is 59.3 Å². The summed E-state index contributed by atoms with van der Waals surface area (Å²) in [6.07, 6.45) is 5.96. The van der Waals surface area contributed by atoms with Crippen LogP contribution in [-0.4, -0.2) is 42.7 Å². The van der Waals surface area contributed by atoms with Crippen LogP contribution in [0.1, 0.15) is 42.0 Å². The van der Waals surface area contributed by atoms with Gasteiger partial charge in [0.2, 0.25) is 0 Å². The van der Waals surface area contributed by atoms with Gasteiger partial charge in [0.15, 0.2) is 0 Å². The second kappa shape index (κ2) is 8.19. The SMILES string of the molecule is Cc1cc(N2CCOCC2)ncc1C1CCCCN1Cc1ccccc1. The fourth-order valence-corrected chi connectivity index (χ4v) is 4.22. The largest absolute Gasteiger partial charge is 0.378 e. The molecule has 2 saturated heterocycles. The first-order valence-corrected chi connectivity index (χ1v) is 9.88. The van der Waals surface area contributed by atoms with Gasteiger partial charge in [-0.15, -0.1) is 0 Å². The van der Waals surface area contributed by atoms with Crippen molar-refractivity contribution in [2.24, 2.45) is 0 Å². The average molecular weight is 351 g/mol. The smallest absolute Gasteiger partial charge is 0.128 e. The Morgan fingerprint density at radius 3 is 2.65 bits per heavy atom. The van der Waals surface area contributed by atoms with E-state index in [-0.39, 0.29) is 0 Å². The molecule has 1 unspecified atom stereocenters. The van der Waals surface area contributed by atoms with Crippen molar-refractivity contribution in [3.8, 4) is 0 Å². The Hall–Kier alpha value is -1.91. The lowest BCUT2D eigenvalue weighted by atomic mass is 9.93. The standard InChI is InChI=1S/C22H29N3O/c1-18-15-22(24-11-13-26-14-12-24)23-16-20(18)21-9-5-6-10-25(21)17-19-7-3-2-4-8-19/h2-4,7-8,15-16,21H,5-6,9-14,17H2,1H3. The number of ether oxygens (including phenoxy) is 1. The molecule has 0 saturated carbocycles. The lowest BCUT2D eigenvalue weighted by molar-refractivity contribution is 0.122. The monoisotopic (exact) mass is 351 g/mol. The van der Waals surface area contributed by atoms with Gasteiger partial charge in [0, 0.05) is 31.9 Å². The summed E-state index contributed by atoms with van der Waals surface area (Å²) in [7, 11) is 0. The third-order valence-electron chi connectivity index (χ3n) is 5.67. The maximum Gasteiger partial charge on any atom is 0.128 e. The number of rotatable bonds is 4. The second-order valence-corrected chi connectivity index (χ2v) is 7.47. The van der Waals surface area contributed by atoms with Gasteiger partial charge in [-0.1, -0.05) is 36.8 Å². The molecule has 0 radical (unpaired) electrons. The Balaban J connectivity index is 1.54. The molecule has 138 valence electrons. The zero-order valence-corrected chi connectivity index (χ0v) is 15.7. The predicted molar refractivity (Wildman–Crippen MR) is 105 cm³/mol. The number of likely N-dealkylation sites (tertiary alicyclic amines) is 1. The van der Waals surface area contributed by atoms with Crippen LogP contribution in [0.4, 0.5) is 5.82 Å². The Morgan fingerprint density at radius 1 is 1.08 bits per heavy atom. The summed E-state index contributed by atoms with van der Waals surface area (Å²) in [6.45, 7) is 7.92. The summed E-state index contributed by atoms with van der Waals surface area (Å²) < 4.78 is 5.46. The number of hydrogen-bond acceptors (Lipinski definition) is 4. The number of morpholine rings is 1. The molecule has 2 aliphatic heterocycles. The van der Waals surface area contributed by atoms with E-state index in [0.29, 0.717) is 6.04 Å². The van der Waals surface area contributed by atoms with Crippen molar-refractivity contribution < 1.29 is 4.74 Å². The summed E-state index contributed by atoms with van der Waals surface area (Å²) in [5.74, 6) is 1.10. The molecule has 0 N–H and O–H groups in total. The number of piperidine rings is 1. The van der Waals surface area contributed by atoms with Crippen LogP contribution in [0, 0.1) is 6.92 Å². The molecular formula is C22H29N3O. The van der Waals surface area contributed by atoms with Crippen molar-refractivity contribution in [3.05, 3.63) is 59.3 Å². The van der Waals surface area contributed by atoms with E-state index in [1.807, 2.05) is 0 Å². The van der Waals surface area contributed by atoms with Crippen LogP contribution in [0.25, 0.3) is 0 Å². The zero-order valence-electron chi connectivity index (χ0n) is 15.7. The van der Waals surface area contributed by atoms with Gasteiger partial charge >= 0.3 is 0 Å². The van der Waals surface area contributed by atoms with E-state index in [4.69, 9.17) is 9.72 Å². The van der Waals surface area contributed by atoms with Crippen LogP contribution in [0.3, 0.4) is 0 Å². The Morgan fingerprint density at radius 2 is 1.88 bits per heavy atom. The number of hydrogen-bond donors (Lipinski definition) is 0. The first-order valence-electron chi connectivity index (χ1n) is 9.88. The molecule has 2 aromatic rings. The van der Waals surface area contributed by atoms with Crippen molar-refractivity contribution in [1.82, 2.24) is 9.88 Å². The van der Waals surface area contributed by atoms with Gasteiger partial charge in [0.05, 0.1) is 13.2 Å². The normalized spacial score (nSPS) is 21.7. The number of pyridine rings is 1. The molecule has 26 heavy (non-hydrogen) atoms. The Bertz CT molecular complexity index is 713. The van der Waals surface area contributed by atoms with E-state index < -0.39 is 0 Å². The van der Waals surface area contributed by atoms with Gasteiger partial charge < -0.3 is 9.64 Å². The van der Waals surface area contributed by atoms with Crippen molar-refractivity contribution >= 4 is 5.82 Å². The van der Waals surface area contributed by atoms with Crippen molar-refractivity contribution in [2.45, 2.75) is 38.8 Å². The summed E-state index contributed by atoms with van der Waals surface area (Å²) in [4.78, 5) is 9.80. The van der Waals surface area contributed by atoms with Gasteiger partial charge in [-0.3, -0.25) is 4.90 Å². The molecule has 1 aromatic heterocycles. The minimum absolute atomic E-state index is 0.482. The van der Waals surface area contributed by atoms with Crippen LogP contribution in [0.2, 0.25) is 0 Å². The molecule has 0 spiro atoms. The maximum atomic E-state index is 5.46. The number of benzene rings is 1. The second-order valence-electron chi connectivity index (χ2n) is 7.47. The van der Waals surface area contributed by atoms with Crippen LogP contribution in [-0.2, 0) is 11.3 Å². The Kier molecular flexibility index (Phi) is 5.51. The number of nitrogens with zero attached hydrogens (tertiary/aromatic N) is 3. The minimum atomic E-state index is 0.482. The molecule has 4 rings (SSSR count). The minimum Gasteiger partial charge on any atom is -0.378 e. The molecule has 4 nitrogen and oxygen atoms in total. The summed E-state index contributed by atoms with van der Waals surface area (Å²) in [5.41, 5.74) is 4.17. The van der Waals surface area contributed by atoms with Crippen molar-refractivity contribution in [2.75, 3.05) is 37.7 Å². The van der Waals surface area contributed by atoms with E-state index in [9.17, 15) is 0 Å². The molecule has 0 bridgehead atoms. The van der Waals surface area contributed by atoms with E-state index in [0.717, 1.165) is 38.7 Å². The highest BCUT2D eigenvalue weighted by atomic mass is 16.5. The van der Waals surface area contributed by atoms with Crippen LogP contribution >= 0.6 is 0 Å². The summed E-state index contributed by atoms with van der Waals surface area (Å²) in [5, 5.41) is 0. The highest BCUT2D eigenvalue weighted by molar-refractivity contribution is 5.44. The molecule has 2 fully saturated rings. The fraction of sp³-hybridized carbons (Fsp3) is 0.500. The van der Waals surface area contributed by atoms with Gasteiger partial charge in [-0.2, -0.15) is 0 Å². The van der Waals surface area contributed by atoms with Crippen LogP contribution in [0.15, 0.2) is 42.6 Å². The molecule has 1 atom stereocenters. The van der Waals surface area contributed by atoms with Gasteiger partial charge in [-0.05, 0) is 49.1 Å². The Labute approximate surface area is 156 Å². The van der Waals surface area contributed by atoms with E-state index >= 15 is 0 Å². The van der Waals surface area contributed by atoms with Gasteiger partial charge in [0.1, 0.15) is 5.82 Å². The fourth-order valence-electron chi connectivity index (χ4n) is 4.22. The highest BCUT2D eigenvalue weighted by Gasteiger charge is 2.26. The third kappa shape index (κ3) is 3.92. The quantitative estimate of drug-likeness (QED) is 0.834.